The number of carbonyl (C=O) groups excluding carboxylic acids is 2. The molecule has 1 N–H and O–H groups in total. The normalized spacial score (nSPS) is 13.9. The Hall–Kier alpha value is -3.68. The number of rotatable bonds is 9. The molecule has 0 bridgehead atoms. The van der Waals surface area contributed by atoms with Gasteiger partial charge in [-0.3, -0.25) is 14.5 Å². The number of benzene rings is 3. The molecule has 6 nitrogen and oxygen atoms in total. The first kappa shape index (κ1) is 25.9. The van der Waals surface area contributed by atoms with E-state index in [0.717, 1.165) is 45.9 Å². The summed E-state index contributed by atoms with van der Waals surface area (Å²) in [4.78, 5) is 28.7. The van der Waals surface area contributed by atoms with Crippen LogP contribution in [0.5, 0.6) is 17.2 Å². The summed E-state index contributed by atoms with van der Waals surface area (Å²) < 4.78 is 12.1. The van der Waals surface area contributed by atoms with E-state index >= 15 is 0 Å². The first-order valence-electron chi connectivity index (χ1n) is 13.1. The van der Waals surface area contributed by atoms with Crippen molar-refractivity contribution in [2.75, 3.05) is 26.2 Å². The van der Waals surface area contributed by atoms with E-state index in [9.17, 15) is 14.7 Å². The molecule has 5 rings (SSSR count). The van der Waals surface area contributed by atoms with Gasteiger partial charge in [-0.1, -0.05) is 13.3 Å². The van der Waals surface area contributed by atoms with Crippen molar-refractivity contribution in [1.29, 1.82) is 0 Å². The molecule has 38 heavy (non-hydrogen) atoms. The van der Waals surface area contributed by atoms with E-state index in [1.807, 2.05) is 24.3 Å². The van der Waals surface area contributed by atoms with Crippen LogP contribution < -0.4 is 9.47 Å². The Morgan fingerprint density at radius 1 is 0.921 bits per heavy atom. The molecule has 1 aromatic heterocycles. The zero-order valence-corrected chi connectivity index (χ0v) is 22.3. The molecular formula is C31H31NO5S. The maximum atomic E-state index is 13.8. The van der Waals surface area contributed by atoms with E-state index in [1.165, 1.54) is 30.6 Å². The van der Waals surface area contributed by atoms with Crippen LogP contribution in [0.2, 0.25) is 0 Å². The van der Waals surface area contributed by atoms with Gasteiger partial charge in [-0.15, -0.1) is 11.3 Å². The minimum atomic E-state index is -0.301. The van der Waals surface area contributed by atoms with Gasteiger partial charge in [-0.05, 0) is 98.2 Å². The number of phenolic OH excluding ortho intramolecular Hbond substituents is 1. The Balaban J connectivity index is 1.38. The van der Waals surface area contributed by atoms with Gasteiger partial charge in [-0.25, -0.2) is 0 Å². The van der Waals surface area contributed by atoms with Crippen LogP contribution in [0.3, 0.4) is 0 Å². The van der Waals surface area contributed by atoms with Gasteiger partial charge in [0.2, 0.25) is 0 Å². The number of hydrogen-bond acceptors (Lipinski definition) is 7. The molecule has 0 aliphatic carbocycles. The van der Waals surface area contributed by atoms with Gasteiger partial charge in [0.05, 0.1) is 0 Å². The van der Waals surface area contributed by atoms with Crippen LogP contribution in [-0.4, -0.2) is 48.0 Å². The van der Waals surface area contributed by atoms with Crippen LogP contribution in [0.25, 0.3) is 20.5 Å². The number of likely N-dealkylation sites (tertiary alicyclic amines) is 1. The highest BCUT2D eigenvalue weighted by Gasteiger charge is 2.22. The number of piperidine rings is 1. The number of nitrogens with zero attached hydrogens (tertiary/aromatic N) is 1. The second-order valence-electron chi connectivity index (χ2n) is 9.44. The molecule has 4 aromatic rings. The maximum Gasteiger partial charge on any atom is 0.310 e. The number of phenols is 1. The van der Waals surface area contributed by atoms with Gasteiger partial charge in [-0.2, -0.15) is 0 Å². The highest BCUT2D eigenvalue weighted by molar-refractivity contribution is 7.22. The molecular weight excluding hydrogens is 498 g/mol. The highest BCUT2D eigenvalue weighted by atomic mass is 32.1. The third kappa shape index (κ3) is 5.90. The van der Waals surface area contributed by atoms with Gasteiger partial charge in [0.25, 0.3) is 0 Å². The molecule has 2 heterocycles. The van der Waals surface area contributed by atoms with E-state index in [2.05, 4.69) is 4.90 Å². The fourth-order valence-corrected chi connectivity index (χ4v) is 5.95. The lowest BCUT2D eigenvalue weighted by molar-refractivity contribution is -0.134. The number of aromatic hydroxyl groups is 1. The van der Waals surface area contributed by atoms with Crippen LogP contribution in [0.15, 0.2) is 66.7 Å². The summed E-state index contributed by atoms with van der Waals surface area (Å²) in [5.74, 6) is 0.958. The van der Waals surface area contributed by atoms with Crippen molar-refractivity contribution in [2.24, 2.45) is 0 Å². The molecule has 0 amide bonds. The molecule has 1 saturated heterocycles. The van der Waals surface area contributed by atoms with Gasteiger partial charge < -0.3 is 14.6 Å². The summed E-state index contributed by atoms with van der Waals surface area (Å²) in [6.07, 6.45) is 4.12. The number of carbonyl (C=O) groups is 2. The molecule has 0 unspecified atom stereocenters. The minimum Gasteiger partial charge on any atom is -0.508 e. The summed E-state index contributed by atoms with van der Waals surface area (Å²) in [6.45, 7) is 5.56. The first-order chi connectivity index (χ1) is 18.5. The highest BCUT2D eigenvalue weighted by Crippen LogP contribution is 2.41. The molecule has 0 saturated carbocycles. The van der Waals surface area contributed by atoms with Crippen LogP contribution in [0.4, 0.5) is 0 Å². The molecule has 1 aliphatic heterocycles. The van der Waals surface area contributed by atoms with E-state index in [-0.39, 0.29) is 17.5 Å². The Morgan fingerprint density at radius 2 is 1.63 bits per heavy atom. The van der Waals surface area contributed by atoms with E-state index in [4.69, 9.17) is 9.47 Å². The lowest BCUT2D eigenvalue weighted by Crippen LogP contribution is -2.33. The average molecular weight is 530 g/mol. The standard InChI is InChI=1S/C31H31NO5S/c1-2-28(34)37-25-13-8-22(9-14-25)31-29(26-15-10-23(33)20-27(26)38-31)30(35)21-6-11-24(12-7-21)36-19-18-32-16-4-3-5-17-32/h6-15,20,33H,2-5,16-19H2,1H3. The lowest BCUT2D eigenvalue weighted by atomic mass is 9.97. The molecule has 0 radical (unpaired) electrons. The summed E-state index contributed by atoms with van der Waals surface area (Å²) in [5, 5.41) is 10.8. The second-order valence-corrected chi connectivity index (χ2v) is 10.5. The van der Waals surface area contributed by atoms with Crippen molar-refractivity contribution in [3.05, 3.63) is 77.9 Å². The third-order valence-electron chi connectivity index (χ3n) is 6.78. The first-order valence-corrected chi connectivity index (χ1v) is 13.9. The predicted octanol–water partition coefficient (Wildman–Crippen LogP) is 6.69. The van der Waals surface area contributed by atoms with Crippen molar-refractivity contribution in [3.8, 4) is 27.7 Å². The Labute approximate surface area is 226 Å². The van der Waals surface area contributed by atoms with Crippen molar-refractivity contribution in [3.63, 3.8) is 0 Å². The monoisotopic (exact) mass is 529 g/mol. The quantitative estimate of drug-likeness (QED) is 0.148. The molecule has 1 aliphatic rings. The largest absolute Gasteiger partial charge is 0.508 e. The topological polar surface area (TPSA) is 76.1 Å². The Bertz CT molecular complexity index is 1420. The fraction of sp³-hybridized carbons (Fsp3) is 0.290. The van der Waals surface area contributed by atoms with Gasteiger partial charge >= 0.3 is 5.97 Å². The third-order valence-corrected chi connectivity index (χ3v) is 7.98. The lowest BCUT2D eigenvalue weighted by Gasteiger charge is -2.26. The molecule has 3 aromatic carbocycles. The number of ether oxygens (including phenoxy) is 2. The number of hydrogen-bond donors (Lipinski definition) is 1. The van der Waals surface area contributed by atoms with Gasteiger partial charge in [0, 0.05) is 39.1 Å². The zero-order valence-electron chi connectivity index (χ0n) is 21.4. The van der Waals surface area contributed by atoms with Gasteiger partial charge in [0.15, 0.2) is 5.78 Å². The Kier molecular flexibility index (Phi) is 8.05. The van der Waals surface area contributed by atoms with Crippen LogP contribution >= 0.6 is 11.3 Å². The van der Waals surface area contributed by atoms with Crippen LogP contribution in [-0.2, 0) is 4.79 Å². The fourth-order valence-electron chi connectivity index (χ4n) is 4.71. The smallest absolute Gasteiger partial charge is 0.310 e. The number of ketones is 1. The predicted molar refractivity (Wildman–Crippen MR) is 151 cm³/mol. The summed E-state index contributed by atoms with van der Waals surface area (Å²) in [6, 6.07) is 19.5. The maximum absolute atomic E-state index is 13.8. The average Bonchev–Trinajstić information content (AvgIpc) is 3.32. The second kappa shape index (κ2) is 11.8. The summed E-state index contributed by atoms with van der Waals surface area (Å²) in [5.41, 5.74) is 1.99. The van der Waals surface area contributed by atoms with Crippen molar-refractivity contribution < 1.29 is 24.2 Å². The van der Waals surface area contributed by atoms with Crippen molar-refractivity contribution >= 4 is 33.2 Å². The number of esters is 1. The van der Waals surface area contributed by atoms with Crippen LogP contribution in [0, 0.1) is 0 Å². The number of fused-ring (bicyclic) bond motifs is 1. The molecule has 0 atom stereocenters. The van der Waals surface area contributed by atoms with Crippen molar-refractivity contribution in [1.82, 2.24) is 4.90 Å². The molecule has 196 valence electrons. The zero-order chi connectivity index (χ0) is 26.5. The molecule has 1 fully saturated rings. The molecule has 0 spiro atoms. The van der Waals surface area contributed by atoms with Gasteiger partial charge in [0.1, 0.15) is 23.9 Å². The van der Waals surface area contributed by atoms with E-state index in [0.29, 0.717) is 29.9 Å². The minimum absolute atomic E-state index is 0.0988. The van der Waals surface area contributed by atoms with Crippen LogP contribution in [0.1, 0.15) is 48.5 Å². The number of thiophene rings is 1. The molecule has 7 heteroatoms. The SMILES string of the molecule is CCC(=O)Oc1ccc(-c2sc3cc(O)ccc3c2C(=O)c2ccc(OCCN3CCCCC3)cc2)cc1. The summed E-state index contributed by atoms with van der Waals surface area (Å²) in [7, 11) is 0. The van der Waals surface area contributed by atoms with Crippen molar-refractivity contribution in [2.45, 2.75) is 32.6 Å². The van der Waals surface area contributed by atoms with E-state index < -0.39 is 0 Å². The Morgan fingerprint density at radius 3 is 2.34 bits per heavy atom. The van der Waals surface area contributed by atoms with E-state index in [1.54, 1.807) is 49.4 Å². The summed E-state index contributed by atoms with van der Waals surface area (Å²) >= 11 is 1.45.